The van der Waals surface area contributed by atoms with Crippen LogP contribution in [-0.4, -0.2) is 42.9 Å². The lowest BCUT2D eigenvalue weighted by molar-refractivity contribution is -0.154. The smallest absolute Gasteiger partial charge is 0.422 e. The van der Waals surface area contributed by atoms with Gasteiger partial charge in [0.05, 0.1) is 11.7 Å². The van der Waals surface area contributed by atoms with Gasteiger partial charge in [-0.05, 0) is 25.3 Å². The van der Waals surface area contributed by atoms with E-state index < -0.39 is 18.7 Å². The molecule has 5 nitrogen and oxygen atoms in total. The van der Waals surface area contributed by atoms with Gasteiger partial charge in [0.15, 0.2) is 6.61 Å². The summed E-state index contributed by atoms with van der Waals surface area (Å²) in [5, 5.41) is 2.54. The quantitative estimate of drug-likeness (QED) is 0.855. The van der Waals surface area contributed by atoms with Gasteiger partial charge in [-0.1, -0.05) is 11.6 Å². The van der Waals surface area contributed by atoms with Gasteiger partial charge in [0.25, 0.3) is 5.91 Å². The highest BCUT2D eigenvalue weighted by atomic mass is 35.5. The van der Waals surface area contributed by atoms with Crippen molar-refractivity contribution in [2.45, 2.75) is 31.5 Å². The molecule has 2 heterocycles. The van der Waals surface area contributed by atoms with Crippen molar-refractivity contribution in [1.29, 1.82) is 0 Å². The molecule has 128 valence electrons. The van der Waals surface area contributed by atoms with Crippen LogP contribution in [0.1, 0.15) is 29.6 Å². The predicted octanol–water partition coefficient (Wildman–Crippen LogP) is 2.98. The SMILES string of the molecule is O=C(NCC[C@H]1CCCO1)c1cnc(OCC(F)(F)F)c(Cl)c1. The zero-order valence-corrected chi connectivity index (χ0v) is 12.9. The Hall–Kier alpha value is -1.54. The van der Waals surface area contributed by atoms with E-state index in [1.165, 1.54) is 6.07 Å². The van der Waals surface area contributed by atoms with Gasteiger partial charge in [-0.25, -0.2) is 4.98 Å². The van der Waals surface area contributed by atoms with E-state index in [1.54, 1.807) is 0 Å². The molecule has 0 unspecified atom stereocenters. The van der Waals surface area contributed by atoms with Crippen molar-refractivity contribution in [3.63, 3.8) is 0 Å². The van der Waals surface area contributed by atoms with Crippen molar-refractivity contribution < 1.29 is 27.4 Å². The molecular formula is C14H16ClF3N2O3. The topological polar surface area (TPSA) is 60.5 Å². The summed E-state index contributed by atoms with van der Waals surface area (Å²) < 4.78 is 46.1. The van der Waals surface area contributed by atoms with Crippen LogP contribution in [0.3, 0.4) is 0 Å². The minimum atomic E-state index is -4.48. The number of amides is 1. The van der Waals surface area contributed by atoms with Crippen molar-refractivity contribution in [3.8, 4) is 5.88 Å². The lowest BCUT2D eigenvalue weighted by Crippen LogP contribution is -2.27. The average Bonchev–Trinajstić information content (AvgIpc) is 2.98. The molecule has 23 heavy (non-hydrogen) atoms. The Morgan fingerprint density at radius 1 is 1.52 bits per heavy atom. The summed E-state index contributed by atoms with van der Waals surface area (Å²) in [6.45, 7) is -0.308. The van der Waals surface area contributed by atoms with Crippen molar-refractivity contribution in [2.24, 2.45) is 0 Å². The van der Waals surface area contributed by atoms with Gasteiger partial charge in [0.1, 0.15) is 5.02 Å². The Kier molecular flexibility index (Phi) is 6.06. The molecule has 1 aliphatic heterocycles. The number of alkyl halides is 3. The maximum Gasteiger partial charge on any atom is 0.422 e. The van der Waals surface area contributed by atoms with Crippen LogP contribution in [0.25, 0.3) is 0 Å². The second-order valence-corrected chi connectivity index (χ2v) is 5.50. The summed E-state index contributed by atoms with van der Waals surface area (Å²) in [5.41, 5.74) is 0.154. The van der Waals surface area contributed by atoms with Crippen LogP contribution in [0.5, 0.6) is 5.88 Å². The third kappa shape index (κ3) is 5.87. The van der Waals surface area contributed by atoms with E-state index in [9.17, 15) is 18.0 Å². The van der Waals surface area contributed by atoms with Crippen LogP contribution >= 0.6 is 11.6 Å². The normalized spacial score (nSPS) is 18.0. The largest absolute Gasteiger partial charge is 0.467 e. The van der Waals surface area contributed by atoms with Crippen LogP contribution < -0.4 is 10.1 Å². The Morgan fingerprint density at radius 3 is 2.91 bits per heavy atom. The summed E-state index contributed by atoms with van der Waals surface area (Å²) >= 11 is 5.79. The molecule has 0 radical (unpaired) electrons. The van der Waals surface area contributed by atoms with Crippen molar-refractivity contribution in [3.05, 3.63) is 22.8 Å². The number of ether oxygens (including phenoxy) is 2. The molecule has 1 N–H and O–H groups in total. The summed E-state index contributed by atoms with van der Waals surface area (Å²) in [5.74, 6) is -0.764. The maximum absolute atomic E-state index is 12.1. The standard InChI is InChI=1S/C14H16ClF3N2O3/c15-11-6-9(7-20-13(11)23-8-14(16,17)18)12(21)19-4-3-10-2-1-5-22-10/h6-7,10H,1-5,8H2,(H,19,21)/t10-/m1/s1. The van der Waals surface area contributed by atoms with E-state index in [1.807, 2.05) is 0 Å². The number of hydrogen-bond donors (Lipinski definition) is 1. The zero-order chi connectivity index (χ0) is 16.9. The first-order valence-electron chi connectivity index (χ1n) is 7.10. The van der Waals surface area contributed by atoms with Crippen molar-refractivity contribution in [1.82, 2.24) is 10.3 Å². The van der Waals surface area contributed by atoms with Crippen LogP contribution in [0.2, 0.25) is 5.02 Å². The Labute approximate surface area is 136 Å². The van der Waals surface area contributed by atoms with Gasteiger partial charge < -0.3 is 14.8 Å². The molecule has 1 saturated heterocycles. The van der Waals surface area contributed by atoms with Gasteiger partial charge in [-0.2, -0.15) is 13.2 Å². The molecule has 0 spiro atoms. The minimum Gasteiger partial charge on any atom is -0.467 e. The highest BCUT2D eigenvalue weighted by Crippen LogP contribution is 2.25. The predicted molar refractivity (Wildman–Crippen MR) is 76.7 cm³/mol. The molecule has 1 amide bonds. The molecule has 0 aromatic carbocycles. The fourth-order valence-corrected chi connectivity index (χ4v) is 2.35. The number of halogens is 4. The lowest BCUT2D eigenvalue weighted by Gasteiger charge is -2.11. The number of carbonyl (C=O) groups is 1. The van der Waals surface area contributed by atoms with E-state index in [0.29, 0.717) is 13.0 Å². The molecule has 9 heteroatoms. The number of nitrogens with one attached hydrogen (secondary N) is 1. The van der Waals surface area contributed by atoms with Crippen LogP contribution in [0.4, 0.5) is 13.2 Å². The number of hydrogen-bond acceptors (Lipinski definition) is 4. The van der Waals surface area contributed by atoms with E-state index in [2.05, 4.69) is 15.0 Å². The minimum absolute atomic E-state index is 0.152. The average molecular weight is 353 g/mol. The molecule has 0 saturated carbocycles. The van der Waals surface area contributed by atoms with Gasteiger partial charge in [0.2, 0.25) is 5.88 Å². The molecule has 1 fully saturated rings. The third-order valence-corrected chi connectivity index (χ3v) is 3.49. The maximum atomic E-state index is 12.1. The Morgan fingerprint density at radius 2 is 2.30 bits per heavy atom. The summed E-state index contributed by atoms with van der Waals surface area (Å²) in [6, 6.07) is 1.22. The molecule has 1 aliphatic rings. The number of rotatable bonds is 6. The van der Waals surface area contributed by atoms with Crippen molar-refractivity contribution in [2.75, 3.05) is 19.8 Å². The van der Waals surface area contributed by atoms with E-state index >= 15 is 0 Å². The molecule has 1 atom stereocenters. The number of pyridine rings is 1. The molecular weight excluding hydrogens is 337 g/mol. The first kappa shape index (κ1) is 17.8. The molecule has 1 aromatic heterocycles. The summed E-state index contributed by atoms with van der Waals surface area (Å²) in [4.78, 5) is 15.6. The number of carbonyl (C=O) groups excluding carboxylic acids is 1. The van der Waals surface area contributed by atoms with E-state index in [0.717, 1.165) is 25.6 Å². The molecule has 0 bridgehead atoms. The molecule has 1 aromatic rings. The fraction of sp³-hybridized carbons (Fsp3) is 0.571. The first-order chi connectivity index (χ1) is 10.8. The van der Waals surface area contributed by atoms with Gasteiger partial charge in [-0.15, -0.1) is 0 Å². The number of nitrogens with zero attached hydrogens (tertiary/aromatic N) is 1. The lowest BCUT2D eigenvalue weighted by atomic mass is 10.2. The fourth-order valence-electron chi connectivity index (χ4n) is 2.13. The van der Waals surface area contributed by atoms with Crippen molar-refractivity contribution >= 4 is 17.5 Å². The summed E-state index contributed by atoms with van der Waals surface area (Å²) in [6.07, 6.45) is -0.483. The first-order valence-corrected chi connectivity index (χ1v) is 7.48. The van der Waals surface area contributed by atoms with Crippen LogP contribution in [0.15, 0.2) is 12.3 Å². The molecule has 0 aliphatic carbocycles. The van der Waals surface area contributed by atoms with E-state index in [-0.39, 0.29) is 22.6 Å². The Bertz CT molecular complexity index is 549. The highest BCUT2D eigenvalue weighted by molar-refractivity contribution is 6.32. The van der Waals surface area contributed by atoms with Gasteiger partial charge in [-0.3, -0.25) is 4.79 Å². The van der Waals surface area contributed by atoms with Gasteiger partial charge in [0, 0.05) is 19.3 Å². The second kappa shape index (κ2) is 7.83. The van der Waals surface area contributed by atoms with Gasteiger partial charge >= 0.3 is 6.18 Å². The molecule has 2 rings (SSSR count). The third-order valence-electron chi connectivity index (χ3n) is 3.22. The number of aromatic nitrogens is 1. The zero-order valence-electron chi connectivity index (χ0n) is 12.2. The monoisotopic (exact) mass is 352 g/mol. The highest BCUT2D eigenvalue weighted by Gasteiger charge is 2.29. The Balaban J connectivity index is 1.84. The second-order valence-electron chi connectivity index (χ2n) is 5.09. The summed E-state index contributed by atoms with van der Waals surface area (Å²) in [7, 11) is 0. The van der Waals surface area contributed by atoms with E-state index in [4.69, 9.17) is 16.3 Å². The van der Waals surface area contributed by atoms with Crippen LogP contribution in [0, 0.1) is 0 Å². The van der Waals surface area contributed by atoms with Crippen LogP contribution in [-0.2, 0) is 4.74 Å².